The Hall–Kier alpha value is -3.06. The number of ether oxygens (including phenoxy) is 1. The summed E-state index contributed by atoms with van der Waals surface area (Å²) in [5.41, 5.74) is 4.07. The van der Waals surface area contributed by atoms with Crippen molar-refractivity contribution in [2.45, 2.75) is 25.7 Å². The maximum Gasteiger partial charge on any atom is 0.263 e. The van der Waals surface area contributed by atoms with Crippen LogP contribution in [0.5, 0.6) is 5.75 Å². The minimum absolute atomic E-state index is 0.264. The molecule has 0 aliphatic rings. The number of methoxy groups -OCH3 is 1. The van der Waals surface area contributed by atoms with Crippen molar-refractivity contribution in [2.24, 2.45) is 0 Å². The normalized spacial score (nSPS) is 11.1. The topological polar surface area (TPSA) is 80.3 Å². The standard InChI is InChI=1S/C21H23N3O3S/c1-14-11-15(2)21(16(3)12-14)28(25,26)24-20-10-7-18(13-22-20)23-17-5-8-19(27-4)9-6-17/h5-13,23H,1-4H3,(H,22,24). The van der Waals surface area contributed by atoms with E-state index in [9.17, 15) is 8.42 Å². The molecule has 1 heterocycles. The predicted octanol–water partition coefficient (Wildman–Crippen LogP) is 4.56. The maximum absolute atomic E-state index is 12.8. The third-order valence-electron chi connectivity index (χ3n) is 4.25. The third kappa shape index (κ3) is 4.43. The quantitative estimate of drug-likeness (QED) is 0.637. The Bertz CT molecular complexity index is 1050. The summed E-state index contributed by atoms with van der Waals surface area (Å²) < 4.78 is 33.3. The summed E-state index contributed by atoms with van der Waals surface area (Å²) in [6.45, 7) is 5.54. The lowest BCUT2D eigenvalue weighted by atomic mass is 10.1. The summed E-state index contributed by atoms with van der Waals surface area (Å²) in [6.07, 6.45) is 1.58. The summed E-state index contributed by atoms with van der Waals surface area (Å²) in [4.78, 5) is 4.51. The highest BCUT2D eigenvalue weighted by Crippen LogP contribution is 2.25. The maximum atomic E-state index is 12.8. The number of hydrogen-bond acceptors (Lipinski definition) is 5. The summed E-state index contributed by atoms with van der Waals surface area (Å²) >= 11 is 0. The zero-order valence-electron chi connectivity index (χ0n) is 16.3. The van der Waals surface area contributed by atoms with Gasteiger partial charge in [0.15, 0.2) is 0 Å². The smallest absolute Gasteiger partial charge is 0.263 e. The van der Waals surface area contributed by atoms with Crippen molar-refractivity contribution in [1.29, 1.82) is 0 Å². The molecule has 0 aliphatic heterocycles. The molecule has 0 fully saturated rings. The monoisotopic (exact) mass is 397 g/mol. The first-order valence-electron chi connectivity index (χ1n) is 8.76. The number of benzene rings is 2. The number of aryl methyl sites for hydroxylation is 3. The molecule has 0 radical (unpaired) electrons. The molecule has 3 aromatic rings. The highest BCUT2D eigenvalue weighted by atomic mass is 32.2. The molecular weight excluding hydrogens is 374 g/mol. The molecule has 0 aliphatic carbocycles. The van der Waals surface area contributed by atoms with Crippen LogP contribution in [0.25, 0.3) is 0 Å². The molecule has 7 heteroatoms. The molecule has 3 rings (SSSR count). The molecule has 6 nitrogen and oxygen atoms in total. The number of nitrogens with one attached hydrogen (secondary N) is 2. The largest absolute Gasteiger partial charge is 0.497 e. The average molecular weight is 398 g/mol. The van der Waals surface area contributed by atoms with Crippen molar-refractivity contribution in [2.75, 3.05) is 17.1 Å². The van der Waals surface area contributed by atoms with Crippen LogP contribution in [0.1, 0.15) is 16.7 Å². The van der Waals surface area contributed by atoms with Gasteiger partial charge in [-0.25, -0.2) is 13.4 Å². The van der Waals surface area contributed by atoms with Crippen molar-refractivity contribution in [3.63, 3.8) is 0 Å². The van der Waals surface area contributed by atoms with Crippen LogP contribution in [-0.2, 0) is 10.0 Å². The minimum Gasteiger partial charge on any atom is -0.497 e. The second-order valence-electron chi connectivity index (χ2n) is 6.62. The van der Waals surface area contributed by atoms with Crippen molar-refractivity contribution < 1.29 is 13.2 Å². The fourth-order valence-electron chi connectivity index (χ4n) is 3.15. The second-order valence-corrected chi connectivity index (χ2v) is 8.24. The van der Waals surface area contributed by atoms with Gasteiger partial charge >= 0.3 is 0 Å². The fraction of sp³-hybridized carbons (Fsp3) is 0.190. The highest BCUT2D eigenvalue weighted by molar-refractivity contribution is 7.92. The van der Waals surface area contributed by atoms with Crippen LogP contribution in [-0.4, -0.2) is 20.5 Å². The first-order chi connectivity index (χ1) is 13.3. The summed E-state index contributed by atoms with van der Waals surface area (Å²) in [5, 5.41) is 3.21. The van der Waals surface area contributed by atoms with Crippen LogP contribution < -0.4 is 14.8 Å². The first-order valence-corrected chi connectivity index (χ1v) is 10.2. The molecular formula is C21H23N3O3S. The van der Waals surface area contributed by atoms with Crippen LogP contribution in [0.3, 0.4) is 0 Å². The molecule has 0 saturated carbocycles. The number of rotatable bonds is 6. The number of aromatic nitrogens is 1. The minimum atomic E-state index is -3.72. The number of anilines is 3. The SMILES string of the molecule is COc1ccc(Nc2ccc(NS(=O)(=O)c3c(C)cc(C)cc3C)nc2)cc1. The van der Waals surface area contributed by atoms with Gasteiger partial charge in [0.25, 0.3) is 10.0 Å². The Morgan fingerprint density at radius 2 is 1.50 bits per heavy atom. The molecule has 2 aromatic carbocycles. The van der Waals surface area contributed by atoms with E-state index in [1.165, 1.54) is 0 Å². The molecule has 146 valence electrons. The molecule has 0 spiro atoms. The lowest BCUT2D eigenvalue weighted by Gasteiger charge is -2.14. The van der Waals surface area contributed by atoms with Gasteiger partial charge < -0.3 is 10.1 Å². The molecule has 28 heavy (non-hydrogen) atoms. The highest BCUT2D eigenvalue weighted by Gasteiger charge is 2.20. The van der Waals surface area contributed by atoms with E-state index in [4.69, 9.17) is 4.74 Å². The molecule has 0 atom stereocenters. The Kier molecular flexibility index (Phi) is 5.56. The van der Waals surface area contributed by atoms with Crippen LogP contribution in [0, 0.1) is 20.8 Å². The number of nitrogens with zero attached hydrogens (tertiary/aromatic N) is 1. The van der Waals surface area contributed by atoms with Gasteiger partial charge in [0.05, 0.1) is 23.9 Å². The van der Waals surface area contributed by atoms with E-state index in [1.807, 2.05) is 43.3 Å². The molecule has 0 unspecified atom stereocenters. The van der Waals surface area contributed by atoms with Gasteiger partial charge in [-0.3, -0.25) is 4.72 Å². The van der Waals surface area contributed by atoms with Gasteiger partial charge in [0, 0.05) is 5.69 Å². The Labute approximate surface area is 165 Å². The molecule has 1 aromatic heterocycles. The lowest BCUT2D eigenvalue weighted by Crippen LogP contribution is -2.16. The number of sulfonamides is 1. The Balaban J connectivity index is 1.76. The van der Waals surface area contributed by atoms with Crippen molar-refractivity contribution >= 4 is 27.2 Å². The Morgan fingerprint density at radius 3 is 2.04 bits per heavy atom. The van der Waals surface area contributed by atoms with E-state index in [0.29, 0.717) is 16.0 Å². The summed E-state index contributed by atoms with van der Waals surface area (Å²) in [6, 6.07) is 14.6. The van der Waals surface area contributed by atoms with Gasteiger partial charge in [-0.2, -0.15) is 0 Å². The molecule has 2 N–H and O–H groups in total. The van der Waals surface area contributed by atoms with Gasteiger partial charge in [0.1, 0.15) is 11.6 Å². The summed E-state index contributed by atoms with van der Waals surface area (Å²) in [7, 11) is -2.10. The van der Waals surface area contributed by atoms with E-state index < -0.39 is 10.0 Å². The molecule has 0 saturated heterocycles. The second kappa shape index (κ2) is 7.90. The van der Waals surface area contributed by atoms with Crippen molar-refractivity contribution in [3.05, 3.63) is 71.4 Å². The Morgan fingerprint density at radius 1 is 0.893 bits per heavy atom. The first kappa shape index (κ1) is 19.7. The van der Waals surface area contributed by atoms with Gasteiger partial charge in [-0.15, -0.1) is 0 Å². The molecule has 0 bridgehead atoms. The average Bonchev–Trinajstić information content (AvgIpc) is 2.62. The van der Waals surface area contributed by atoms with E-state index in [2.05, 4.69) is 15.0 Å². The van der Waals surface area contributed by atoms with E-state index in [1.54, 1.807) is 39.3 Å². The number of pyridine rings is 1. The lowest BCUT2D eigenvalue weighted by molar-refractivity contribution is 0.415. The van der Waals surface area contributed by atoms with Crippen molar-refractivity contribution in [3.8, 4) is 5.75 Å². The molecule has 0 amide bonds. The van der Waals surface area contributed by atoms with Crippen LogP contribution in [0.15, 0.2) is 59.6 Å². The zero-order valence-corrected chi connectivity index (χ0v) is 17.1. The van der Waals surface area contributed by atoms with Gasteiger partial charge in [-0.05, 0) is 68.3 Å². The van der Waals surface area contributed by atoms with E-state index in [0.717, 1.165) is 22.7 Å². The van der Waals surface area contributed by atoms with Crippen LogP contribution in [0.2, 0.25) is 0 Å². The third-order valence-corrected chi connectivity index (χ3v) is 5.91. The van der Waals surface area contributed by atoms with Gasteiger partial charge in [-0.1, -0.05) is 17.7 Å². The van der Waals surface area contributed by atoms with Crippen LogP contribution in [0.4, 0.5) is 17.2 Å². The fourth-order valence-corrected chi connectivity index (χ4v) is 4.61. The summed E-state index contributed by atoms with van der Waals surface area (Å²) in [5.74, 6) is 1.04. The van der Waals surface area contributed by atoms with Gasteiger partial charge in [0.2, 0.25) is 0 Å². The van der Waals surface area contributed by atoms with Crippen LogP contribution >= 0.6 is 0 Å². The predicted molar refractivity (Wildman–Crippen MR) is 112 cm³/mol. The number of hydrogen-bond donors (Lipinski definition) is 2. The zero-order chi connectivity index (χ0) is 20.3. The van der Waals surface area contributed by atoms with Crippen molar-refractivity contribution in [1.82, 2.24) is 4.98 Å². The van der Waals surface area contributed by atoms with E-state index >= 15 is 0 Å². The van der Waals surface area contributed by atoms with E-state index in [-0.39, 0.29) is 5.82 Å².